The van der Waals surface area contributed by atoms with Gasteiger partial charge in [-0.25, -0.2) is 9.07 Å². The van der Waals surface area contributed by atoms with Gasteiger partial charge in [0.25, 0.3) is 5.56 Å². The highest BCUT2D eigenvalue weighted by Crippen LogP contribution is 2.27. The minimum atomic E-state index is -0.376. The summed E-state index contributed by atoms with van der Waals surface area (Å²) < 4.78 is 22.8. The molecule has 0 aliphatic carbocycles. The Morgan fingerprint density at radius 1 is 1.06 bits per heavy atom. The van der Waals surface area contributed by atoms with Crippen molar-refractivity contribution in [1.82, 2.24) is 24.6 Å². The molecule has 35 heavy (non-hydrogen) atoms. The molecule has 182 valence electrons. The number of benzene rings is 2. The van der Waals surface area contributed by atoms with E-state index in [0.717, 1.165) is 50.2 Å². The van der Waals surface area contributed by atoms with Crippen LogP contribution in [0.2, 0.25) is 0 Å². The van der Waals surface area contributed by atoms with Crippen molar-refractivity contribution in [3.63, 3.8) is 0 Å². The molecule has 2 aromatic heterocycles. The molecule has 8 nitrogen and oxygen atoms in total. The standard InChI is InChI=1S/C26H28FN5O3/c27-22-8-3-1-6-19(22)17-31-23-9-4-2-7-20(23)21-16-29-32(26(34)25(21)31)18-24(33)28-10-5-11-30-12-14-35-15-13-30/h1-4,6-9,16H,5,10-15,17-18H2,(H,28,33). The second kappa shape index (κ2) is 10.4. The molecule has 1 saturated heterocycles. The van der Waals surface area contributed by atoms with Crippen molar-refractivity contribution < 1.29 is 13.9 Å². The van der Waals surface area contributed by atoms with Crippen molar-refractivity contribution >= 4 is 27.7 Å². The van der Waals surface area contributed by atoms with E-state index in [4.69, 9.17) is 4.74 Å². The number of para-hydroxylation sites is 1. The molecule has 0 saturated carbocycles. The molecule has 1 aliphatic rings. The number of nitrogens with zero attached hydrogens (tertiary/aromatic N) is 4. The second-order valence-electron chi connectivity index (χ2n) is 8.72. The van der Waals surface area contributed by atoms with E-state index in [1.807, 2.05) is 28.8 Å². The fourth-order valence-electron chi connectivity index (χ4n) is 4.61. The quantitative estimate of drug-likeness (QED) is 0.394. The molecule has 1 N–H and O–H groups in total. The number of morpholine rings is 1. The molecule has 1 fully saturated rings. The number of aromatic nitrogens is 3. The molecule has 4 aromatic rings. The minimum absolute atomic E-state index is 0.173. The molecule has 0 bridgehead atoms. The topological polar surface area (TPSA) is 81.4 Å². The predicted molar refractivity (Wildman–Crippen MR) is 132 cm³/mol. The number of ether oxygens (including phenoxy) is 1. The number of hydrogen-bond donors (Lipinski definition) is 1. The van der Waals surface area contributed by atoms with Crippen LogP contribution in [-0.2, 0) is 22.6 Å². The Bertz CT molecular complexity index is 1410. The van der Waals surface area contributed by atoms with Crippen LogP contribution in [0.3, 0.4) is 0 Å². The molecule has 3 heterocycles. The van der Waals surface area contributed by atoms with Crippen LogP contribution >= 0.6 is 0 Å². The van der Waals surface area contributed by atoms with E-state index in [0.29, 0.717) is 23.0 Å². The van der Waals surface area contributed by atoms with Crippen LogP contribution in [0.25, 0.3) is 21.8 Å². The SMILES string of the molecule is O=C(Cn1ncc2c3ccccc3n(Cc3ccccc3F)c2c1=O)NCCCN1CCOCC1. The van der Waals surface area contributed by atoms with Gasteiger partial charge >= 0.3 is 0 Å². The third kappa shape index (κ3) is 4.96. The summed E-state index contributed by atoms with van der Waals surface area (Å²) in [5, 5.41) is 8.70. The summed E-state index contributed by atoms with van der Waals surface area (Å²) in [5.74, 6) is -0.595. The highest BCUT2D eigenvalue weighted by atomic mass is 19.1. The number of rotatable bonds is 8. The van der Waals surface area contributed by atoms with Crippen molar-refractivity contribution in [1.29, 1.82) is 0 Å². The highest BCUT2D eigenvalue weighted by Gasteiger charge is 2.18. The Morgan fingerprint density at radius 3 is 2.66 bits per heavy atom. The van der Waals surface area contributed by atoms with E-state index in [1.165, 1.54) is 10.7 Å². The van der Waals surface area contributed by atoms with Gasteiger partial charge in [-0.15, -0.1) is 0 Å². The lowest BCUT2D eigenvalue weighted by atomic mass is 10.2. The number of carbonyl (C=O) groups excluding carboxylic acids is 1. The Morgan fingerprint density at radius 2 is 1.83 bits per heavy atom. The molecular weight excluding hydrogens is 449 g/mol. The summed E-state index contributed by atoms with van der Waals surface area (Å²) in [5.41, 5.74) is 1.33. The smallest absolute Gasteiger partial charge is 0.291 e. The van der Waals surface area contributed by atoms with E-state index in [1.54, 1.807) is 24.4 Å². The van der Waals surface area contributed by atoms with Gasteiger partial charge in [-0.3, -0.25) is 14.5 Å². The second-order valence-corrected chi connectivity index (χ2v) is 8.72. The monoisotopic (exact) mass is 477 g/mol. The number of amides is 1. The van der Waals surface area contributed by atoms with Gasteiger partial charge in [0.2, 0.25) is 5.91 Å². The van der Waals surface area contributed by atoms with E-state index in [2.05, 4.69) is 15.3 Å². The molecule has 9 heteroatoms. The van der Waals surface area contributed by atoms with Crippen molar-refractivity contribution in [2.45, 2.75) is 19.5 Å². The summed E-state index contributed by atoms with van der Waals surface area (Å²) in [6, 6.07) is 14.1. The molecule has 0 atom stereocenters. The summed E-state index contributed by atoms with van der Waals surface area (Å²) in [6.07, 6.45) is 2.44. The summed E-state index contributed by atoms with van der Waals surface area (Å²) >= 11 is 0. The molecule has 5 rings (SSSR count). The average Bonchev–Trinajstić information content (AvgIpc) is 3.20. The Kier molecular flexibility index (Phi) is 6.87. The minimum Gasteiger partial charge on any atom is -0.379 e. The van der Waals surface area contributed by atoms with Gasteiger partial charge in [0.1, 0.15) is 17.9 Å². The number of carbonyl (C=O) groups is 1. The van der Waals surface area contributed by atoms with E-state index < -0.39 is 0 Å². The molecule has 0 unspecified atom stereocenters. The lowest BCUT2D eigenvalue weighted by Gasteiger charge is -2.26. The van der Waals surface area contributed by atoms with Crippen LogP contribution in [0.15, 0.2) is 59.5 Å². The molecule has 1 amide bonds. The first kappa shape index (κ1) is 23.2. The van der Waals surface area contributed by atoms with Crippen LogP contribution in [0.5, 0.6) is 0 Å². The summed E-state index contributed by atoms with van der Waals surface area (Å²) in [4.78, 5) is 28.3. The molecule has 0 spiro atoms. The van der Waals surface area contributed by atoms with Crippen molar-refractivity contribution in [2.75, 3.05) is 39.4 Å². The van der Waals surface area contributed by atoms with Gasteiger partial charge in [-0.05, 0) is 25.1 Å². The van der Waals surface area contributed by atoms with E-state index >= 15 is 0 Å². The maximum Gasteiger partial charge on any atom is 0.291 e. The predicted octanol–water partition coefficient (Wildman–Crippen LogP) is 2.38. The molecule has 0 radical (unpaired) electrons. The fourth-order valence-corrected chi connectivity index (χ4v) is 4.61. The Labute approximate surface area is 201 Å². The number of nitrogens with one attached hydrogen (secondary N) is 1. The molecular formula is C26H28FN5O3. The Balaban J connectivity index is 1.37. The normalized spacial score (nSPS) is 14.5. The van der Waals surface area contributed by atoms with Gasteiger partial charge in [0, 0.05) is 41.5 Å². The fraction of sp³-hybridized carbons (Fsp3) is 0.346. The summed E-state index contributed by atoms with van der Waals surface area (Å²) in [7, 11) is 0. The largest absolute Gasteiger partial charge is 0.379 e. The first-order chi connectivity index (χ1) is 17.1. The van der Waals surface area contributed by atoms with E-state index in [9.17, 15) is 14.0 Å². The first-order valence-electron chi connectivity index (χ1n) is 11.9. The number of hydrogen-bond acceptors (Lipinski definition) is 5. The van der Waals surface area contributed by atoms with Gasteiger partial charge in [0.05, 0.1) is 26.0 Å². The number of halogens is 1. The van der Waals surface area contributed by atoms with Crippen LogP contribution in [-0.4, -0.2) is 64.5 Å². The Hall–Kier alpha value is -3.56. The zero-order valence-corrected chi connectivity index (χ0v) is 19.5. The van der Waals surface area contributed by atoms with Crippen molar-refractivity contribution in [2.24, 2.45) is 0 Å². The maximum absolute atomic E-state index is 14.4. The van der Waals surface area contributed by atoms with Crippen molar-refractivity contribution in [3.8, 4) is 0 Å². The third-order valence-electron chi connectivity index (χ3n) is 6.43. The number of fused-ring (bicyclic) bond motifs is 3. The van der Waals surface area contributed by atoms with Crippen LogP contribution < -0.4 is 10.9 Å². The van der Waals surface area contributed by atoms with Crippen LogP contribution in [0.1, 0.15) is 12.0 Å². The van der Waals surface area contributed by atoms with Gasteiger partial charge in [-0.2, -0.15) is 5.10 Å². The van der Waals surface area contributed by atoms with Gasteiger partial charge < -0.3 is 14.6 Å². The molecule has 2 aromatic carbocycles. The lowest BCUT2D eigenvalue weighted by Crippen LogP contribution is -2.39. The maximum atomic E-state index is 14.4. The van der Waals surface area contributed by atoms with Crippen LogP contribution in [0, 0.1) is 5.82 Å². The zero-order chi connectivity index (χ0) is 24.2. The first-order valence-corrected chi connectivity index (χ1v) is 11.9. The zero-order valence-electron chi connectivity index (χ0n) is 19.5. The molecule has 1 aliphatic heterocycles. The third-order valence-corrected chi connectivity index (χ3v) is 6.43. The average molecular weight is 478 g/mol. The van der Waals surface area contributed by atoms with Gasteiger partial charge in [-0.1, -0.05) is 36.4 Å². The van der Waals surface area contributed by atoms with Crippen LogP contribution in [0.4, 0.5) is 4.39 Å². The summed E-state index contributed by atoms with van der Waals surface area (Å²) in [6.45, 7) is 4.76. The lowest BCUT2D eigenvalue weighted by molar-refractivity contribution is -0.121. The van der Waals surface area contributed by atoms with Crippen molar-refractivity contribution in [3.05, 3.63) is 76.5 Å². The highest BCUT2D eigenvalue weighted by molar-refractivity contribution is 6.07. The van der Waals surface area contributed by atoms with E-state index in [-0.39, 0.29) is 30.4 Å². The van der Waals surface area contributed by atoms with Gasteiger partial charge in [0.15, 0.2) is 0 Å².